The van der Waals surface area contributed by atoms with E-state index in [9.17, 15) is 4.79 Å². The van der Waals surface area contributed by atoms with Gasteiger partial charge in [-0.3, -0.25) is 4.79 Å². The molecule has 110 valence electrons. The van der Waals surface area contributed by atoms with Gasteiger partial charge in [0.1, 0.15) is 0 Å². The number of benzene rings is 1. The molecule has 4 nitrogen and oxygen atoms in total. The van der Waals surface area contributed by atoms with Crippen molar-refractivity contribution < 1.29 is 4.79 Å². The van der Waals surface area contributed by atoms with Crippen LogP contribution in [0.2, 0.25) is 0 Å². The molecule has 0 bridgehead atoms. The standard InChI is InChI=1S/C16H25N3O/c1-12-11-14(8-10-19(12)2)18-16(20)15-6-4-3-5-13(15)7-9-17/h3-6,12,14H,7-11,17H2,1-2H3,(H,18,20). The summed E-state index contributed by atoms with van der Waals surface area (Å²) in [5, 5.41) is 3.18. The van der Waals surface area contributed by atoms with E-state index in [-0.39, 0.29) is 11.9 Å². The molecule has 0 spiro atoms. The molecule has 0 aliphatic carbocycles. The van der Waals surface area contributed by atoms with E-state index in [1.165, 1.54) is 0 Å². The molecular weight excluding hydrogens is 250 g/mol. The Bertz CT molecular complexity index is 461. The Morgan fingerprint density at radius 1 is 1.45 bits per heavy atom. The van der Waals surface area contributed by atoms with E-state index in [1.807, 2.05) is 24.3 Å². The third-order valence-corrected chi connectivity index (χ3v) is 4.22. The van der Waals surface area contributed by atoms with Crippen LogP contribution in [0.1, 0.15) is 35.7 Å². The van der Waals surface area contributed by atoms with Crippen LogP contribution in [0.15, 0.2) is 24.3 Å². The lowest BCUT2D eigenvalue weighted by atomic mass is 9.97. The molecule has 2 unspecified atom stereocenters. The molecular formula is C16H25N3O. The Labute approximate surface area is 121 Å². The summed E-state index contributed by atoms with van der Waals surface area (Å²) in [7, 11) is 2.14. The van der Waals surface area contributed by atoms with Crippen LogP contribution >= 0.6 is 0 Å². The number of carbonyl (C=O) groups is 1. The first kappa shape index (κ1) is 15.0. The van der Waals surface area contributed by atoms with Crippen molar-refractivity contribution in [2.45, 2.75) is 38.3 Å². The molecule has 0 saturated carbocycles. The number of hydrogen-bond acceptors (Lipinski definition) is 3. The van der Waals surface area contributed by atoms with Crippen molar-refractivity contribution in [3.63, 3.8) is 0 Å². The minimum absolute atomic E-state index is 0.0378. The fraction of sp³-hybridized carbons (Fsp3) is 0.562. The first-order chi connectivity index (χ1) is 9.61. The average Bonchev–Trinajstić information content (AvgIpc) is 2.44. The number of hydrogen-bond donors (Lipinski definition) is 2. The SMILES string of the molecule is CC1CC(NC(=O)c2ccccc2CCN)CCN1C. The van der Waals surface area contributed by atoms with Gasteiger partial charge in [0.25, 0.3) is 5.91 Å². The molecule has 4 heteroatoms. The maximum atomic E-state index is 12.4. The minimum atomic E-state index is 0.0378. The van der Waals surface area contributed by atoms with Gasteiger partial charge in [-0.2, -0.15) is 0 Å². The van der Waals surface area contributed by atoms with Crippen LogP contribution in [0, 0.1) is 0 Å². The molecule has 1 aliphatic heterocycles. The molecule has 1 aromatic carbocycles. The smallest absolute Gasteiger partial charge is 0.251 e. The van der Waals surface area contributed by atoms with Crippen molar-refractivity contribution in [1.82, 2.24) is 10.2 Å². The first-order valence-electron chi connectivity index (χ1n) is 7.41. The molecule has 20 heavy (non-hydrogen) atoms. The summed E-state index contributed by atoms with van der Waals surface area (Å²) in [6.45, 7) is 3.81. The summed E-state index contributed by atoms with van der Waals surface area (Å²) in [5.41, 5.74) is 7.41. The van der Waals surface area contributed by atoms with E-state index >= 15 is 0 Å². The zero-order valence-electron chi connectivity index (χ0n) is 12.4. The van der Waals surface area contributed by atoms with Gasteiger partial charge in [-0.1, -0.05) is 18.2 Å². The van der Waals surface area contributed by atoms with Gasteiger partial charge in [0.05, 0.1) is 0 Å². The van der Waals surface area contributed by atoms with Crippen LogP contribution < -0.4 is 11.1 Å². The molecule has 0 radical (unpaired) electrons. The number of nitrogens with one attached hydrogen (secondary N) is 1. The highest BCUT2D eigenvalue weighted by molar-refractivity contribution is 5.95. The maximum absolute atomic E-state index is 12.4. The van der Waals surface area contributed by atoms with Crippen molar-refractivity contribution in [2.75, 3.05) is 20.1 Å². The van der Waals surface area contributed by atoms with E-state index in [2.05, 4.69) is 24.2 Å². The van der Waals surface area contributed by atoms with E-state index in [0.717, 1.165) is 36.9 Å². The van der Waals surface area contributed by atoms with E-state index in [4.69, 9.17) is 5.73 Å². The highest BCUT2D eigenvalue weighted by atomic mass is 16.1. The highest BCUT2D eigenvalue weighted by Gasteiger charge is 2.24. The summed E-state index contributed by atoms with van der Waals surface area (Å²) >= 11 is 0. The molecule has 1 aliphatic rings. The fourth-order valence-electron chi connectivity index (χ4n) is 2.80. The van der Waals surface area contributed by atoms with Crippen molar-refractivity contribution in [3.05, 3.63) is 35.4 Å². The zero-order valence-corrected chi connectivity index (χ0v) is 12.4. The van der Waals surface area contributed by atoms with E-state index < -0.39 is 0 Å². The van der Waals surface area contributed by atoms with E-state index in [1.54, 1.807) is 0 Å². The predicted octanol–water partition coefficient (Wildman–Crippen LogP) is 1.40. The first-order valence-corrected chi connectivity index (χ1v) is 7.41. The fourth-order valence-corrected chi connectivity index (χ4v) is 2.80. The monoisotopic (exact) mass is 275 g/mol. The molecule has 2 rings (SSSR count). The zero-order chi connectivity index (χ0) is 14.5. The molecule has 1 saturated heterocycles. The minimum Gasteiger partial charge on any atom is -0.349 e. The Morgan fingerprint density at radius 3 is 2.90 bits per heavy atom. The molecule has 1 fully saturated rings. The normalized spacial score (nSPS) is 23.6. The topological polar surface area (TPSA) is 58.4 Å². The summed E-state index contributed by atoms with van der Waals surface area (Å²) < 4.78 is 0. The van der Waals surface area contributed by atoms with Crippen molar-refractivity contribution >= 4 is 5.91 Å². The second kappa shape index (κ2) is 6.86. The Morgan fingerprint density at radius 2 is 2.20 bits per heavy atom. The number of likely N-dealkylation sites (tertiary alicyclic amines) is 1. The van der Waals surface area contributed by atoms with Crippen LogP contribution in [-0.2, 0) is 6.42 Å². The lowest BCUT2D eigenvalue weighted by Crippen LogP contribution is -2.47. The number of piperidine rings is 1. The van der Waals surface area contributed by atoms with Gasteiger partial charge in [-0.05, 0) is 51.4 Å². The van der Waals surface area contributed by atoms with E-state index in [0.29, 0.717) is 12.6 Å². The van der Waals surface area contributed by atoms with Gasteiger partial charge in [0.15, 0.2) is 0 Å². The average molecular weight is 275 g/mol. The van der Waals surface area contributed by atoms with Gasteiger partial charge < -0.3 is 16.0 Å². The molecule has 1 heterocycles. The van der Waals surface area contributed by atoms with Gasteiger partial charge in [-0.15, -0.1) is 0 Å². The number of carbonyl (C=O) groups excluding carboxylic acids is 1. The summed E-state index contributed by atoms with van der Waals surface area (Å²) in [5.74, 6) is 0.0378. The Kier molecular flexibility index (Phi) is 5.15. The molecule has 2 atom stereocenters. The second-order valence-electron chi connectivity index (χ2n) is 5.72. The van der Waals surface area contributed by atoms with Crippen LogP contribution in [-0.4, -0.2) is 43.0 Å². The second-order valence-corrected chi connectivity index (χ2v) is 5.72. The Hall–Kier alpha value is -1.39. The quantitative estimate of drug-likeness (QED) is 0.873. The number of rotatable bonds is 4. The molecule has 1 amide bonds. The van der Waals surface area contributed by atoms with Crippen LogP contribution in [0.25, 0.3) is 0 Å². The number of nitrogens with two attached hydrogens (primary N) is 1. The number of amides is 1. The van der Waals surface area contributed by atoms with Gasteiger partial charge in [-0.25, -0.2) is 0 Å². The van der Waals surface area contributed by atoms with Crippen LogP contribution in [0.3, 0.4) is 0 Å². The Balaban J connectivity index is 2.01. The summed E-state index contributed by atoms with van der Waals surface area (Å²) in [6.07, 6.45) is 2.78. The lowest BCUT2D eigenvalue weighted by molar-refractivity contribution is 0.0895. The summed E-state index contributed by atoms with van der Waals surface area (Å²) in [4.78, 5) is 14.8. The van der Waals surface area contributed by atoms with Gasteiger partial charge >= 0.3 is 0 Å². The van der Waals surface area contributed by atoms with Gasteiger partial charge in [0.2, 0.25) is 0 Å². The van der Waals surface area contributed by atoms with Crippen LogP contribution in [0.4, 0.5) is 0 Å². The largest absolute Gasteiger partial charge is 0.349 e. The van der Waals surface area contributed by atoms with Crippen molar-refractivity contribution in [2.24, 2.45) is 5.73 Å². The van der Waals surface area contributed by atoms with Crippen LogP contribution in [0.5, 0.6) is 0 Å². The van der Waals surface area contributed by atoms with Gasteiger partial charge in [0, 0.05) is 24.2 Å². The third kappa shape index (κ3) is 3.58. The molecule has 0 aromatic heterocycles. The van der Waals surface area contributed by atoms with Crippen molar-refractivity contribution in [1.29, 1.82) is 0 Å². The third-order valence-electron chi connectivity index (χ3n) is 4.22. The lowest BCUT2D eigenvalue weighted by Gasteiger charge is -2.35. The van der Waals surface area contributed by atoms with Crippen molar-refractivity contribution in [3.8, 4) is 0 Å². The number of nitrogens with zero attached hydrogens (tertiary/aromatic N) is 1. The highest BCUT2D eigenvalue weighted by Crippen LogP contribution is 2.16. The summed E-state index contributed by atoms with van der Waals surface area (Å²) in [6, 6.07) is 8.54. The maximum Gasteiger partial charge on any atom is 0.251 e. The molecule has 3 N–H and O–H groups in total. The predicted molar refractivity (Wildman–Crippen MR) is 81.8 cm³/mol. The molecule has 1 aromatic rings.